The summed E-state index contributed by atoms with van der Waals surface area (Å²) in [4.78, 5) is 0. The van der Waals surface area contributed by atoms with Crippen LogP contribution in [0.2, 0.25) is 25.3 Å². The Labute approximate surface area is 348 Å². The fourth-order valence-corrected chi connectivity index (χ4v) is 7.22. The lowest BCUT2D eigenvalue weighted by atomic mass is 9.17. The number of unbranched alkanes of at least 4 members (excludes halogenated alkanes) is 11. The molecule has 61 heavy (non-hydrogen) atoms. The molecule has 0 unspecified atom stereocenters. The number of rotatable bonds is 26. The predicted octanol–water partition coefficient (Wildman–Crippen LogP) is 16.3. The molecule has 2 aromatic rings. The Morgan fingerprint density at radius 2 is 0.639 bits per heavy atom. The second kappa shape index (κ2) is 28.1. The van der Waals surface area contributed by atoms with Crippen LogP contribution in [0.1, 0.15) is 144 Å². The summed E-state index contributed by atoms with van der Waals surface area (Å²) in [5.41, 5.74) is -4.52. The van der Waals surface area contributed by atoms with Gasteiger partial charge in [0, 0.05) is 12.6 Å². The summed E-state index contributed by atoms with van der Waals surface area (Å²) in [5.74, 6) is -37.1. The molecule has 2 aromatic carbocycles. The lowest BCUT2D eigenvalue weighted by Gasteiger charge is -2.40. The van der Waals surface area contributed by atoms with Crippen molar-refractivity contribution in [1.82, 2.24) is 0 Å². The molecular formula is C42H61BF17N. The molecule has 1 nitrogen and oxygen atoms in total. The number of hydrogen-bond acceptors (Lipinski definition) is 0. The molecule has 0 heterocycles. The van der Waals surface area contributed by atoms with E-state index in [0.717, 1.165) is 0 Å². The lowest BCUT2D eigenvalue weighted by Crippen LogP contribution is -2.98. The zero-order chi connectivity index (χ0) is 47.2. The number of hydrogen-bond donors (Lipinski definition) is 1. The van der Waals surface area contributed by atoms with Crippen LogP contribution in [0.5, 0.6) is 0 Å². The van der Waals surface area contributed by atoms with E-state index < -0.39 is 106 Å². The van der Waals surface area contributed by atoms with E-state index in [1.165, 1.54) is 77.0 Å². The van der Waals surface area contributed by atoms with E-state index in [2.05, 4.69) is 27.7 Å². The zero-order valence-corrected chi connectivity index (χ0v) is 35.6. The first-order valence-corrected chi connectivity index (χ1v) is 21.3. The van der Waals surface area contributed by atoms with E-state index >= 15 is 0 Å². The number of benzene rings is 2. The van der Waals surface area contributed by atoms with Crippen LogP contribution >= 0.6 is 0 Å². The number of halogens is 17. The number of alkyl halides is 7. The third-order valence-corrected chi connectivity index (χ3v) is 10.9. The molecule has 0 bridgehead atoms. The van der Waals surface area contributed by atoms with Gasteiger partial charge in [-0.3, -0.25) is 5.32 Å². The van der Waals surface area contributed by atoms with Gasteiger partial charge in [0.05, 0.1) is 11.1 Å². The molecule has 0 amide bonds. The van der Waals surface area contributed by atoms with Gasteiger partial charge in [-0.15, -0.1) is 8.78 Å². The van der Waals surface area contributed by atoms with E-state index in [1.54, 1.807) is 32.2 Å². The first kappa shape index (κ1) is 58.3. The quantitative estimate of drug-likeness (QED) is 0.0242. The smallest absolute Gasteiger partial charge is 0.253 e. The fourth-order valence-electron chi connectivity index (χ4n) is 7.22. The monoisotopic (exact) mass is 913 g/mol. The molecular weight excluding hydrogens is 852 g/mol. The Morgan fingerprint density at radius 1 is 0.377 bits per heavy atom. The number of nitrogens with two attached hydrogens (primary N) is 1. The van der Waals surface area contributed by atoms with Crippen LogP contribution in [0.25, 0.3) is 11.1 Å². The average molecular weight is 914 g/mol. The molecule has 2 N–H and O–H groups in total. The summed E-state index contributed by atoms with van der Waals surface area (Å²) < 4.78 is 220. The topological polar surface area (TPSA) is 16.6 Å². The second-order valence-corrected chi connectivity index (χ2v) is 15.7. The predicted molar refractivity (Wildman–Crippen MR) is 206 cm³/mol. The summed E-state index contributed by atoms with van der Waals surface area (Å²) in [6, 6.07) is -5.16. The van der Waals surface area contributed by atoms with Gasteiger partial charge >= 0.3 is 17.9 Å². The molecule has 0 fully saturated rings. The highest BCUT2D eigenvalue weighted by Crippen LogP contribution is 2.45. The molecule has 0 aliphatic heterocycles. The van der Waals surface area contributed by atoms with Gasteiger partial charge in [-0.25, -0.2) is 43.9 Å². The second-order valence-electron chi connectivity index (χ2n) is 15.7. The molecule has 356 valence electrons. The first-order valence-electron chi connectivity index (χ1n) is 21.3. The van der Waals surface area contributed by atoms with E-state index in [-0.39, 0.29) is 19.0 Å². The summed E-state index contributed by atoms with van der Waals surface area (Å²) >= 11 is 0. The highest BCUT2D eigenvalue weighted by atomic mass is 19.3. The maximum atomic E-state index is 13.4. The first-order chi connectivity index (χ1) is 28.5. The van der Waals surface area contributed by atoms with E-state index in [1.807, 2.05) is 0 Å². The van der Waals surface area contributed by atoms with Crippen molar-refractivity contribution >= 4 is 6.15 Å². The lowest BCUT2D eigenvalue weighted by molar-refractivity contribution is -0.819. The minimum absolute atomic E-state index is 0.0383. The minimum atomic E-state index is -5.57. The van der Waals surface area contributed by atoms with Crippen molar-refractivity contribution in [2.45, 2.75) is 187 Å². The average Bonchev–Trinajstić information content (AvgIpc) is 3.21. The van der Waals surface area contributed by atoms with E-state index in [0.29, 0.717) is 12.8 Å². The Kier molecular flexibility index (Phi) is 26.9. The summed E-state index contributed by atoms with van der Waals surface area (Å²) in [5, 5.41) is -0.729. The van der Waals surface area contributed by atoms with Gasteiger partial charge in [0.15, 0.2) is 46.5 Å². The molecule has 0 aromatic heterocycles. The molecule has 0 saturated heterocycles. The van der Waals surface area contributed by atoms with Crippen LogP contribution in [-0.2, 0) is 0 Å². The Hall–Kier alpha value is -2.73. The largest absolute Gasteiger partial charge is 0.460 e. The van der Waals surface area contributed by atoms with Crippen molar-refractivity contribution in [3.8, 4) is 11.1 Å². The van der Waals surface area contributed by atoms with Gasteiger partial charge < -0.3 is 0 Å². The van der Waals surface area contributed by atoms with E-state index in [9.17, 15) is 74.6 Å². The van der Waals surface area contributed by atoms with Gasteiger partial charge in [-0.1, -0.05) is 131 Å². The highest BCUT2D eigenvalue weighted by Gasteiger charge is 2.74. The van der Waals surface area contributed by atoms with Gasteiger partial charge in [-0.05, 0) is 6.42 Å². The molecule has 0 aliphatic carbocycles. The molecule has 0 saturated carbocycles. The molecule has 0 radical (unpaired) electrons. The summed E-state index contributed by atoms with van der Waals surface area (Å²) in [6.07, 6.45) is 23.5. The standard InChI is InChI=1S/C20H44B.C12F10.C10H16F7N/c1-5-9-13-17-21(18-14-10-6-2,19-15-11-7-3)20-16-12-8-4;13-3-1(4(14)8(18)11(21)7(3)17)2-5(15)9(19)12(22)10(20)6(2)16;1-2-3-4-5-6-8(12,13)9(14,15)10(16,17)18-7-11/h5-20H2,1-4H3;;18H,2-7H2,1H3/q-1;;/p+1. The minimum Gasteiger partial charge on any atom is -0.253 e. The van der Waals surface area contributed by atoms with Crippen molar-refractivity contribution in [3.05, 3.63) is 58.2 Å². The molecule has 0 spiro atoms. The Bertz CT molecular complexity index is 1400. The van der Waals surface area contributed by atoms with Crippen LogP contribution in [0.4, 0.5) is 74.6 Å². The zero-order valence-electron chi connectivity index (χ0n) is 35.6. The molecule has 19 heteroatoms. The van der Waals surface area contributed by atoms with Crippen molar-refractivity contribution in [2.75, 3.05) is 6.80 Å². The summed E-state index contributed by atoms with van der Waals surface area (Å²) in [7, 11) is 0. The Balaban J connectivity index is 0.000000891. The normalized spacial score (nSPS) is 12.3. The van der Waals surface area contributed by atoms with Crippen LogP contribution in [0.3, 0.4) is 0 Å². The maximum absolute atomic E-state index is 13.4. The molecule has 0 atom stereocenters. The van der Waals surface area contributed by atoms with Gasteiger partial charge in [-0.2, -0.15) is 47.2 Å². The SMILES string of the molecule is CCCCCCC(F)(F)C(F)(F)C(F)(F)[NH2+]CF.CCCCC[B-](CCCCC)(CCCCC)CCCCC.Fc1c(F)c(F)c(-c2c(F)c(F)c(F)c(F)c2F)c(F)c1F. The van der Waals surface area contributed by atoms with E-state index in [4.69, 9.17) is 0 Å². The van der Waals surface area contributed by atoms with Crippen LogP contribution in [0, 0.1) is 58.2 Å². The number of quaternary nitrogens is 1. The van der Waals surface area contributed by atoms with Crippen molar-refractivity contribution in [3.63, 3.8) is 0 Å². The van der Waals surface area contributed by atoms with Crippen LogP contribution < -0.4 is 5.32 Å². The van der Waals surface area contributed by atoms with Gasteiger partial charge in [0.1, 0.15) is 0 Å². The maximum Gasteiger partial charge on any atom is 0.460 e. The highest BCUT2D eigenvalue weighted by molar-refractivity contribution is 6.79. The van der Waals surface area contributed by atoms with Crippen LogP contribution in [0.15, 0.2) is 0 Å². The summed E-state index contributed by atoms with van der Waals surface area (Å²) in [6.45, 7) is 9.28. The third-order valence-electron chi connectivity index (χ3n) is 10.9. The third kappa shape index (κ3) is 16.7. The molecule has 2 rings (SSSR count). The molecule has 0 aliphatic rings. The fraction of sp³-hybridized carbons (Fsp3) is 0.714. The van der Waals surface area contributed by atoms with Crippen LogP contribution in [-0.4, -0.2) is 30.8 Å². The van der Waals surface area contributed by atoms with Crippen molar-refractivity contribution < 1.29 is 80.0 Å². The van der Waals surface area contributed by atoms with Crippen molar-refractivity contribution in [1.29, 1.82) is 0 Å². The van der Waals surface area contributed by atoms with Gasteiger partial charge in [0.2, 0.25) is 18.4 Å². The van der Waals surface area contributed by atoms with Gasteiger partial charge in [0.25, 0.3) is 0 Å². The van der Waals surface area contributed by atoms with Crippen molar-refractivity contribution in [2.24, 2.45) is 0 Å². The Morgan fingerprint density at radius 3 is 0.902 bits per heavy atom.